The normalized spacial score (nSPS) is 10.4. The number of pyridine rings is 1. The van der Waals surface area contributed by atoms with Crippen molar-refractivity contribution in [1.82, 2.24) is 4.98 Å². The molecule has 0 bridgehead atoms. The Kier molecular flexibility index (Phi) is 3.51. The van der Waals surface area contributed by atoms with Gasteiger partial charge in [-0.2, -0.15) is 0 Å². The van der Waals surface area contributed by atoms with Crippen molar-refractivity contribution in [3.8, 4) is 11.5 Å². The zero-order chi connectivity index (χ0) is 13.1. The molecule has 1 N–H and O–H groups in total. The maximum absolute atomic E-state index is 10.2. The molecular formula is C15H17NO2. The van der Waals surface area contributed by atoms with E-state index in [2.05, 4.69) is 4.98 Å². The monoisotopic (exact) mass is 243 g/mol. The highest BCUT2D eigenvalue weighted by Gasteiger charge is 2.14. The van der Waals surface area contributed by atoms with Crippen LogP contribution in [0.3, 0.4) is 0 Å². The second-order valence-corrected chi connectivity index (χ2v) is 4.35. The molecule has 0 spiro atoms. The first kappa shape index (κ1) is 12.4. The van der Waals surface area contributed by atoms with E-state index in [1.165, 1.54) is 0 Å². The Labute approximate surface area is 107 Å². The second kappa shape index (κ2) is 5.08. The van der Waals surface area contributed by atoms with Crippen LogP contribution in [0.2, 0.25) is 0 Å². The number of rotatable bonds is 3. The molecule has 1 heterocycles. The van der Waals surface area contributed by atoms with Crippen LogP contribution in [0.15, 0.2) is 30.5 Å². The summed E-state index contributed by atoms with van der Waals surface area (Å²) >= 11 is 0. The summed E-state index contributed by atoms with van der Waals surface area (Å²) in [7, 11) is 1.64. The van der Waals surface area contributed by atoms with Crippen LogP contribution in [-0.4, -0.2) is 17.2 Å². The maximum Gasteiger partial charge on any atom is 0.122 e. The lowest BCUT2D eigenvalue weighted by Gasteiger charge is -2.14. The summed E-state index contributed by atoms with van der Waals surface area (Å²) < 4.78 is 5.33. The number of aryl methyl sites for hydroxylation is 1. The number of benzene rings is 1. The summed E-state index contributed by atoms with van der Waals surface area (Å²) in [5, 5.41) is 10.2. The van der Waals surface area contributed by atoms with Gasteiger partial charge < -0.3 is 9.84 Å². The number of hydrogen-bond donors (Lipinski definition) is 1. The number of phenols is 1. The molecular weight excluding hydrogens is 226 g/mol. The summed E-state index contributed by atoms with van der Waals surface area (Å²) in [6.45, 7) is 3.83. The predicted molar refractivity (Wildman–Crippen MR) is 71.2 cm³/mol. The summed E-state index contributed by atoms with van der Waals surface area (Å²) in [6, 6.07) is 7.63. The Morgan fingerprint density at radius 3 is 2.67 bits per heavy atom. The van der Waals surface area contributed by atoms with Crippen molar-refractivity contribution < 1.29 is 9.84 Å². The molecule has 2 aromatic rings. The molecule has 1 aromatic heterocycles. The molecule has 0 saturated heterocycles. The fraction of sp³-hybridized carbons (Fsp3) is 0.267. The first-order valence-electron chi connectivity index (χ1n) is 5.89. The molecule has 0 unspecified atom stereocenters. The summed E-state index contributed by atoms with van der Waals surface area (Å²) in [6.07, 6.45) is 2.37. The number of aromatic hydroxyl groups is 1. The van der Waals surface area contributed by atoms with E-state index >= 15 is 0 Å². The van der Waals surface area contributed by atoms with Gasteiger partial charge in [0.2, 0.25) is 0 Å². The fourth-order valence-corrected chi connectivity index (χ4v) is 2.05. The molecule has 0 radical (unpaired) electrons. The molecule has 0 amide bonds. The fourth-order valence-electron chi connectivity index (χ4n) is 2.05. The van der Waals surface area contributed by atoms with Crippen LogP contribution in [-0.2, 0) is 6.42 Å². The largest absolute Gasteiger partial charge is 0.507 e. The Morgan fingerprint density at radius 2 is 2.06 bits per heavy atom. The first-order chi connectivity index (χ1) is 8.63. The van der Waals surface area contributed by atoms with Gasteiger partial charge in [0.25, 0.3) is 0 Å². The van der Waals surface area contributed by atoms with Gasteiger partial charge in [-0.15, -0.1) is 0 Å². The Balaban J connectivity index is 2.47. The number of methoxy groups -OCH3 is 1. The van der Waals surface area contributed by atoms with Crippen molar-refractivity contribution in [2.75, 3.05) is 7.11 Å². The van der Waals surface area contributed by atoms with Crippen molar-refractivity contribution in [1.29, 1.82) is 0 Å². The van der Waals surface area contributed by atoms with E-state index in [0.717, 1.165) is 28.1 Å². The average molecular weight is 243 g/mol. The average Bonchev–Trinajstić information content (AvgIpc) is 2.40. The van der Waals surface area contributed by atoms with E-state index in [9.17, 15) is 5.11 Å². The van der Waals surface area contributed by atoms with Crippen molar-refractivity contribution in [3.05, 3.63) is 52.8 Å². The van der Waals surface area contributed by atoms with Gasteiger partial charge in [0, 0.05) is 23.9 Å². The molecule has 94 valence electrons. The van der Waals surface area contributed by atoms with Gasteiger partial charge in [0.15, 0.2) is 0 Å². The second-order valence-electron chi connectivity index (χ2n) is 4.35. The summed E-state index contributed by atoms with van der Waals surface area (Å²) in [5.74, 6) is 1.13. The van der Waals surface area contributed by atoms with Crippen LogP contribution < -0.4 is 4.74 Å². The molecule has 18 heavy (non-hydrogen) atoms. The quantitative estimate of drug-likeness (QED) is 0.901. The lowest BCUT2D eigenvalue weighted by Crippen LogP contribution is -1.99. The van der Waals surface area contributed by atoms with Gasteiger partial charge in [-0.25, -0.2) is 0 Å². The molecule has 0 atom stereocenters. The van der Waals surface area contributed by atoms with Gasteiger partial charge in [0.05, 0.1) is 7.11 Å². The van der Waals surface area contributed by atoms with E-state index in [-0.39, 0.29) is 0 Å². The van der Waals surface area contributed by atoms with Crippen LogP contribution in [0.5, 0.6) is 11.5 Å². The van der Waals surface area contributed by atoms with Gasteiger partial charge in [-0.05, 0) is 43.2 Å². The zero-order valence-electron chi connectivity index (χ0n) is 10.9. The van der Waals surface area contributed by atoms with Crippen molar-refractivity contribution in [2.24, 2.45) is 0 Å². The van der Waals surface area contributed by atoms with E-state index in [0.29, 0.717) is 12.2 Å². The van der Waals surface area contributed by atoms with Crippen molar-refractivity contribution in [2.45, 2.75) is 20.3 Å². The van der Waals surface area contributed by atoms with Crippen molar-refractivity contribution in [3.63, 3.8) is 0 Å². The Bertz CT molecular complexity index is 550. The minimum atomic E-state index is 0.332. The number of nitrogens with zero attached hydrogens (tertiary/aromatic N) is 1. The third-order valence-electron chi connectivity index (χ3n) is 3.13. The minimum absolute atomic E-state index is 0.332. The van der Waals surface area contributed by atoms with Crippen LogP contribution in [0, 0.1) is 13.8 Å². The molecule has 3 heteroatoms. The van der Waals surface area contributed by atoms with Gasteiger partial charge in [-0.1, -0.05) is 6.07 Å². The number of hydrogen-bond acceptors (Lipinski definition) is 3. The maximum atomic E-state index is 10.2. The minimum Gasteiger partial charge on any atom is -0.507 e. The highest BCUT2D eigenvalue weighted by molar-refractivity contribution is 5.53. The summed E-state index contributed by atoms with van der Waals surface area (Å²) in [5.41, 5.74) is 3.60. The third kappa shape index (κ3) is 2.30. The predicted octanol–water partition coefficient (Wildman–Crippen LogP) is 3.00. The number of phenolic OH excluding ortho intramolecular Hbond substituents is 1. The van der Waals surface area contributed by atoms with Gasteiger partial charge in [0.1, 0.15) is 11.5 Å². The molecule has 0 aliphatic carbocycles. The SMILES string of the molecule is COc1cc(C)c(O)c(Cc2ccccn2)c1C. The van der Waals surface area contributed by atoms with Gasteiger partial charge >= 0.3 is 0 Å². The molecule has 3 nitrogen and oxygen atoms in total. The van der Waals surface area contributed by atoms with E-state index in [1.807, 2.05) is 38.1 Å². The van der Waals surface area contributed by atoms with Crippen LogP contribution in [0.1, 0.15) is 22.4 Å². The highest BCUT2D eigenvalue weighted by Crippen LogP contribution is 2.33. The smallest absolute Gasteiger partial charge is 0.122 e. The van der Waals surface area contributed by atoms with Crippen LogP contribution in [0.25, 0.3) is 0 Å². The molecule has 0 fully saturated rings. The molecule has 2 rings (SSSR count). The van der Waals surface area contributed by atoms with Crippen molar-refractivity contribution >= 4 is 0 Å². The van der Waals surface area contributed by atoms with Gasteiger partial charge in [-0.3, -0.25) is 4.98 Å². The first-order valence-corrected chi connectivity index (χ1v) is 5.89. The topological polar surface area (TPSA) is 42.4 Å². The third-order valence-corrected chi connectivity index (χ3v) is 3.13. The van der Waals surface area contributed by atoms with Crippen LogP contribution >= 0.6 is 0 Å². The summed E-state index contributed by atoms with van der Waals surface area (Å²) in [4.78, 5) is 4.29. The van der Waals surface area contributed by atoms with E-state index in [1.54, 1.807) is 13.3 Å². The molecule has 0 aliphatic rings. The van der Waals surface area contributed by atoms with Crippen LogP contribution in [0.4, 0.5) is 0 Å². The Morgan fingerprint density at radius 1 is 1.28 bits per heavy atom. The standard InChI is InChI=1S/C15H17NO2/c1-10-8-14(18-3)11(2)13(15(10)17)9-12-6-4-5-7-16-12/h4-8,17H,9H2,1-3H3. The molecule has 0 saturated carbocycles. The van der Waals surface area contributed by atoms with E-state index < -0.39 is 0 Å². The Hall–Kier alpha value is -2.03. The number of ether oxygens (including phenoxy) is 1. The molecule has 1 aromatic carbocycles. The lowest BCUT2D eigenvalue weighted by molar-refractivity contribution is 0.406. The zero-order valence-corrected chi connectivity index (χ0v) is 10.9. The number of aromatic nitrogens is 1. The highest BCUT2D eigenvalue weighted by atomic mass is 16.5. The molecule has 0 aliphatic heterocycles. The lowest BCUT2D eigenvalue weighted by atomic mass is 9.98. The van der Waals surface area contributed by atoms with E-state index in [4.69, 9.17) is 4.74 Å².